The van der Waals surface area contributed by atoms with Crippen LogP contribution in [0.4, 0.5) is 0 Å². The molecule has 2 fully saturated rings. The van der Waals surface area contributed by atoms with E-state index in [0.717, 1.165) is 12.8 Å². The van der Waals surface area contributed by atoms with Gasteiger partial charge in [0.05, 0.1) is 25.2 Å². The molecule has 1 amide bonds. The van der Waals surface area contributed by atoms with Crippen LogP contribution in [0.15, 0.2) is 0 Å². The lowest BCUT2D eigenvalue weighted by molar-refractivity contribution is -0.144. The molecule has 0 aromatic carbocycles. The second-order valence-corrected chi connectivity index (χ2v) is 5.34. The maximum atomic E-state index is 12.1. The van der Waals surface area contributed by atoms with Crippen LogP contribution in [0.2, 0.25) is 0 Å². The Labute approximate surface area is 113 Å². The smallest absolute Gasteiger partial charge is 0.310 e. The highest BCUT2D eigenvalue weighted by atomic mass is 16.5. The number of carboxylic acids is 1. The average Bonchev–Trinajstić information content (AvgIpc) is 3.04. The zero-order valence-corrected chi connectivity index (χ0v) is 11.5. The predicted octanol–water partition coefficient (Wildman–Crippen LogP) is 0.0750. The van der Waals surface area contributed by atoms with E-state index in [-0.39, 0.29) is 24.6 Å². The van der Waals surface area contributed by atoms with Gasteiger partial charge in [-0.25, -0.2) is 0 Å². The van der Waals surface area contributed by atoms with Crippen molar-refractivity contribution in [2.24, 2.45) is 5.92 Å². The van der Waals surface area contributed by atoms with Crippen molar-refractivity contribution in [1.29, 1.82) is 0 Å². The molecule has 0 bridgehead atoms. The molecule has 6 nitrogen and oxygen atoms in total. The van der Waals surface area contributed by atoms with Gasteiger partial charge in [0.25, 0.3) is 0 Å². The van der Waals surface area contributed by atoms with Crippen molar-refractivity contribution in [3.63, 3.8) is 0 Å². The maximum Gasteiger partial charge on any atom is 0.310 e. The Morgan fingerprint density at radius 2 is 2.11 bits per heavy atom. The van der Waals surface area contributed by atoms with Crippen LogP contribution in [-0.4, -0.2) is 59.8 Å². The molecule has 2 N–H and O–H groups in total. The lowest BCUT2D eigenvalue weighted by atomic mass is 10.0. The van der Waals surface area contributed by atoms with Gasteiger partial charge in [0.15, 0.2) is 0 Å². The van der Waals surface area contributed by atoms with Gasteiger partial charge < -0.3 is 15.2 Å². The van der Waals surface area contributed by atoms with Gasteiger partial charge in [-0.2, -0.15) is 0 Å². The van der Waals surface area contributed by atoms with Crippen molar-refractivity contribution in [2.45, 2.75) is 44.8 Å². The molecule has 1 saturated carbocycles. The first-order valence-electron chi connectivity index (χ1n) is 6.91. The third-order valence-electron chi connectivity index (χ3n) is 3.96. The molecule has 0 aromatic rings. The molecule has 2 rings (SSSR count). The number of likely N-dealkylation sites (N-methyl/N-ethyl adjacent to an activating group) is 1. The predicted molar refractivity (Wildman–Crippen MR) is 68.7 cm³/mol. The van der Waals surface area contributed by atoms with Crippen LogP contribution in [0.25, 0.3) is 0 Å². The fourth-order valence-electron chi connectivity index (χ4n) is 2.60. The van der Waals surface area contributed by atoms with Crippen molar-refractivity contribution in [1.82, 2.24) is 10.2 Å². The molecule has 1 aliphatic heterocycles. The minimum absolute atomic E-state index is 0.0135. The monoisotopic (exact) mass is 270 g/mol. The first-order chi connectivity index (χ1) is 9.04. The Hall–Kier alpha value is -1.14. The Balaban J connectivity index is 2.00. The number of ether oxygens (including phenoxy) is 1. The van der Waals surface area contributed by atoms with Gasteiger partial charge in [-0.15, -0.1) is 0 Å². The van der Waals surface area contributed by atoms with Crippen LogP contribution in [-0.2, 0) is 14.3 Å². The van der Waals surface area contributed by atoms with Gasteiger partial charge in [-0.1, -0.05) is 6.92 Å². The molecule has 0 radical (unpaired) electrons. The average molecular weight is 270 g/mol. The van der Waals surface area contributed by atoms with Gasteiger partial charge in [-0.05, 0) is 26.3 Å². The summed E-state index contributed by atoms with van der Waals surface area (Å²) in [4.78, 5) is 25.2. The number of aliphatic carboxylic acids is 1. The Kier molecular flexibility index (Phi) is 4.42. The van der Waals surface area contributed by atoms with Crippen LogP contribution in [0.3, 0.4) is 0 Å². The van der Waals surface area contributed by atoms with Crippen molar-refractivity contribution < 1.29 is 19.4 Å². The number of carbonyl (C=O) groups is 2. The summed E-state index contributed by atoms with van der Waals surface area (Å²) in [5, 5.41) is 12.2. The summed E-state index contributed by atoms with van der Waals surface area (Å²) in [5.41, 5.74) is 0. The molecule has 1 aliphatic carbocycles. The number of hydrogen-bond acceptors (Lipinski definition) is 4. The van der Waals surface area contributed by atoms with E-state index in [4.69, 9.17) is 4.74 Å². The fourth-order valence-corrected chi connectivity index (χ4v) is 2.60. The van der Waals surface area contributed by atoms with Crippen molar-refractivity contribution in [3.05, 3.63) is 0 Å². The van der Waals surface area contributed by atoms with Crippen LogP contribution >= 0.6 is 0 Å². The summed E-state index contributed by atoms with van der Waals surface area (Å²) in [6.07, 6.45) is 2.10. The summed E-state index contributed by atoms with van der Waals surface area (Å²) >= 11 is 0. The molecule has 3 unspecified atom stereocenters. The molecule has 1 heterocycles. The van der Waals surface area contributed by atoms with Crippen molar-refractivity contribution in [2.75, 3.05) is 19.8 Å². The van der Waals surface area contributed by atoms with E-state index in [2.05, 4.69) is 5.32 Å². The quantitative estimate of drug-likeness (QED) is 0.714. The van der Waals surface area contributed by atoms with Crippen molar-refractivity contribution in [3.8, 4) is 0 Å². The number of rotatable bonds is 6. The number of nitrogens with one attached hydrogen (secondary N) is 1. The second-order valence-electron chi connectivity index (χ2n) is 5.34. The summed E-state index contributed by atoms with van der Waals surface area (Å²) in [7, 11) is 0. The van der Waals surface area contributed by atoms with E-state index in [9.17, 15) is 14.7 Å². The molecule has 0 spiro atoms. The number of amides is 1. The van der Waals surface area contributed by atoms with Gasteiger partial charge in [0.2, 0.25) is 5.91 Å². The number of carbonyl (C=O) groups excluding carboxylic acids is 1. The molecule has 108 valence electrons. The minimum Gasteiger partial charge on any atom is -0.481 e. The van der Waals surface area contributed by atoms with Gasteiger partial charge >= 0.3 is 5.97 Å². The van der Waals surface area contributed by atoms with E-state index >= 15 is 0 Å². The van der Waals surface area contributed by atoms with Gasteiger partial charge in [0, 0.05) is 12.1 Å². The highest BCUT2D eigenvalue weighted by molar-refractivity contribution is 5.82. The largest absolute Gasteiger partial charge is 0.481 e. The molecule has 0 aromatic heterocycles. The van der Waals surface area contributed by atoms with E-state index in [1.165, 1.54) is 0 Å². The maximum absolute atomic E-state index is 12.1. The lowest BCUT2D eigenvalue weighted by Crippen LogP contribution is -2.53. The van der Waals surface area contributed by atoms with Crippen LogP contribution in [0.5, 0.6) is 0 Å². The third-order valence-corrected chi connectivity index (χ3v) is 3.96. The Bertz CT molecular complexity index is 357. The summed E-state index contributed by atoms with van der Waals surface area (Å²) in [6.45, 7) is 5.02. The summed E-state index contributed by atoms with van der Waals surface area (Å²) in [6, 6.07) is -0.217. The fraction of sp³-hybridized carbons (Fsp3) is 0.846. The summed E-state index contributed by atoms with van der Waals surface area (Å²) in [5.74, 6) is -1.41. The Morgan fingerprint density at radius 3 is 2.63 bits per heavy atom. The second kappa shape index (κ2) is 5.88. The minimum atomic E-state index is -0.851. The molecular weight excluding hydrogens is 248 g/mol. The number of carboxylic acid groups (broad SMARTS) is 1. The first-order valence-corrected chi connectivity index (χ1v) is 6.91. The normalized spacial score (nSPS) is 28.4. The highest BCUT2D eigenvalue weighted by Crippen LogP contribution is 2.23. The SMILES string of the molecule is CCN(C(C)C(=O)NC1CC1)C1COCC1C(=O)O. The molecule has 3 atom stereocenters. The van der Waals surface area contributed by atoms with Gasteiger partial charge in [-0.3, -0.25) is 14.5 Å². The van der Waals surface area contributed by atoms with Crippen LogP contribution in [0, 0.1) is 5.92 Å². The third kappa shape index (κ3) is 3.25. The van der Waals surface area contributed by atoms with E-state index in [0.29, 0.717) is 19.2 Å². The molecular formula is C13H22N2O4. The van der Waals surface area contributed by atoms with E-state index < -0.39 is 11.9 Å². The zero-order valence-electron chi connectivity index (χ0n) is 11.5. The molecule has 2 aliphatic rings. The lowest BCUT2D eigenvalue weighted by Gasteiger charge is -2.33. The molecule has 19 heavy (non-hydrogen) atoms. The number of nitrogens with zero attached hydrogens (tertiary/aromatic N) is 1. The Morgan fingerprint density at radius 1 is 1.42 bits per heavy atom. The van der Waals surface area contributed by atoms with Gasteiger partial charge in [0.1, 0.15) is 0 Å². The number of hydrogen-bond donors (Lipinski definition) is 2. The van der Waals surface area contributed by atoms with Crippen LogP contribution in [0.1, 0.15) is 26.7 Å². The zero-order chi connectivity index (χ0) is 14.0. The van der Waals surface area contributed by atoms with Crippen molar-refractivity contribution >= 4 is 11.9 Å². The topological polar surface area (TPSA) is 78.9 Å². The molecule has 1 saturated heterocycles. The van der Waals surface area contributed by atoms with E-state index in [1.807, 2.05) is 18.7 Å². The highest BCUT2D eigenvalue weighted by Gasteiger charge is 2.41. The van der Waals surface area contributed by atoms with E-state index in [1.54, 1.807) is 0 Å². The first kappa shape index (κ1) is 14.3. The van der Waals surface area contributed by atoms with Crippen LogP contribution < -0.4 is 5.32 Å². The standard InChI is InChI=1S/C13H22N2O4/c1-3-15(8(2)12(16)14-9-4-5-9)11-7-19-6-10(11)13(17)18/h8-11H,3-7H2,1-2H3,(H,14,16)(H,17,18). The molecule has 6 heteroatoms. The summed E-state index contributed by atoms with van der Waals surface area (Å²) < 4.78 is 5.28.